The average molecular weight is 387 g/mol. The smallest absolute Gasteiger partial charge is 0.234 e. The maximum Gasteiger partial charge on any atom is 0.234 e. The molecular weight excluding hydrogens is 355 g/mol. The number of nitrogens with one attached hydrogen (secondary N) is 1. The number of piperazine rings is 1. The molecule has 2 aliphatic rings. The van der Waals surface area contributed by atoms with Crippen LogP contribution in [0, 0.1) is 30.0 Å². The fourth-order valence-electron chi connectivity index (χ4n) is 4.45. The van der Waals surface area contributed by atoms with Crippen LogP contribution in [0.15, 0.2) is 18.2 Å². The minimum Gasteiger partial charge on any atom is -0.369 e. The van der Waals surface area contributed by atoms with Gasteiger partial charge in [0.25, 0.3) is 0 Å². The third-order valence-corrected chi connectivity index (χ3v) is 6.19. The van der Waals surface area contributed by atoms with Crippen LogP contribution in [0.25, 0.3) is 0 Å². The fraction of sp³-hybridized carbons (Fsp3) is 0.636. The van der Waals surface area contributed by atoms with Crippen LogP contribution in [0.1, 0.15) is 44.1 Å². The molecule has 1 saturated heterocycles. The van der Waals surface area contributed by atoms with Gasteiger partial charge in [-0.3, -0.25) is 9.69 Å². The molecule has 1 aliphatic heterocycles. The summed E-state index contributed by atoms with van der Waals surface area (Å²) in [4.78, 5) is 16.3. The highest BCUT2D eigenvalue weighted by Gasteiger charge is 2.24. The quantitative estimate of drug-likeness (QED) is 0.815. The molecule has 1 N–H and O–H groups in total. The van der Waals surface area contributed by atoms with E-state index in [0.717, 1.165) is 75.6 Å². The summed E-state index contributed by atoms with van der Waals surface area (Å²) < 4.78 is 13.6. The molecule has 1 heterocycles. The highest BCUT2D eigenvalue weighted by molar-refractivity contribution is 5.78. The number of carbonyl (C=O) groups excluding carboxylic acids is 1. The summed E-state index contributed by atoms with van der Waals surface area (Å²) in [6, 6.07) is 7.18. The molecule has 0 aromatic heterocycles. The number of nitriles is 1. The summed E-state index contributed by atoms with van der Waals surface area (Å²) in [5.74, 6) is 0.424. The van der Waals surface area contributed by atoms with E-state index in [0.29, 0.717) is 0 Å². The van der Waals surface area contributed by atoms with E-state index in [9.17, 15) is 9.18 Å². The molecule has 152 valence electrons. The molecule has 0 bridgehead atoms. The zero-order chi connectivity index (χ0) is 19.9. The molecule has 2 fully saturated rings. The number of rotatable bonds is 6. The van der Waals surface area contributed by atoms with Crippen molar-refractivity contribution in [2.45, 2.75) is 51.5 Å². The molecule has 5 nitrogen and oxygen atoms in total. The molecular formula is C22H31FN4O. The van der Waals surface area contributed by atoms with Crippen molar-refractivity contribution in [3.63, 3.8) is 0 Å². The van der Waals surface area contributed by atoms with Gasteiger partial charge in [0.1, 0.15) is 12.2 Å². The molecule has 1 aliphatic carbocycles. The first-order chi connectivity index (χ1) is 13.5. The third kappa shape index (κ3) is 5.68. The Balaban J connectivity index is 1.36. The Morgan fingerprint density at radius 2 is 1.93 bits per heavy atom. The molecule has 0 radical (unpaired) electrons. The van der Waals surface area contributed by atoms with E-state index in [4.69, 9.17) is 5.26 Å². The Bertz CT molecular complexity index is 701. The standard InChI is InChI=1S/C22H31FN4O/c1-17-2-5-19(23)16-21(17)27-14-12-26(13-15-27)11-9-18-3-6-20(7-4-18)25-22(28)8-10-24/h2,5,16,18,20H,3-4,6-9,11-15H2,1H3,(H,25,28). The summed E-state index contributed by atoms with van der Waals surface area (Å²) in [5, 5.41) is 11.5. The van der Waals surface area contributed by atoms with Gasteiger partial charge in [0.05, 0.1) is 6.07 Å². The molecule has 6 heteroatoms. The Hall–Kier alpha value is -2.13. The highest BCUT2D eigenvalue weighted by Crippen LogP contribution is 2.28. The van der Waals surface area contributed by atoms with E-state index in [1.165, 1.54) is 12.5 Å². The van der Waals surface area contributed by atoms with Crippen LogP contribution < -0.4 is 10.2 Å². The predicted octanol–water partition coefficient (Wildman–Crippen LogP) is 3.23. The van der Waals surface area contributed by atoms with Gasteiger partial charge in [-0.05, 0) is 69.2 Å². The van der Waals surface area contributed by atoms with Gasteiger partial charge in [0.2, 0.25) is 5.91 Å². The molecule has 0 atom stereocenters. The first kappa shape index (κ1) is 20.6. The van der Waals surface area contributed by atoms with Crippen LogP contribution in [0.2, 0.25) is 0 Å². The molecule has 1 saturated carbocycles. The third-order valence-electron chi connectivity index (χ3n) is 6.19. The number of halogens is 1. The van der Waals surface area contributed by atoms with Gasteiger partial charge in [-0.15, -0.1) is 0 Å². The number of hydrogen-bond donors (Lipinski definition) is 1. The molecule has 1 amide bonds. The second-order valence-corrected chi connectivity index (χ2v) is 8.17. The molecule has 28 heavy (non-hydrogen) atoms. The van der Waals surface area contributed by atoms with Crippen LogP contribution >= 0.6 is 0 Å². The molecule has 1 aromatic carbocycles. The molecule has 0 unspecified atom stereocenters. The van der Waals surface area contributed by atoms with Crippen LogP contribution in [0.5, 0.6) is 0 Å². The number of hydrogen-bond acceptors (Lipinski definition) is 4. The Kier molecular flexibility index (Phi) is 7.27. The lowest BCUT2D eigenvalue weighted by molar-refractivity contribution is -0.121. The monoisotopic (exact) mass is 386 g/mol. The van der Waals surface area contributed by atoms with Gasteiger partial charge in [-0.25, -0.2) is 4.39 Å². The van der Waals surface area contributed by atoms with Gasteiger partial charge in [0.15, 0.2) is 0 Å². The maximum absolute atomic E-state index is 13.6. The van der Waals surface area contributed by atoms with Crippen LogP contribution in [-0.4, -0.2) is 49.6 Å². The zero-order valence-electron chi connectivity index (χ0n) is 16.8. The number of carbonyl (C=O) groups is 1. The van der Waals surface area contributed by atoms with E-state index < -0.39 is 0 Å². The zero-order valence-corrected chi connectivity index (χ0v) is 16.8. The summed E-state index contributed by atoms with van der Waals surface area (Å²) in [6.45, 7) is 7.10. The van der Waals surface area contributed by atoms with Gasteiger partial charge in [0, 0.05) is 37.9 Å². The number of aryl methyl sites for hydroxylation is 1. The second kappa shape index (κ2) is 9.88. The van der Waals surface area contributed by atoms with E-state index in [1.54, 1.807) is 6.07 Å². The van der Waals surface area contributed by atoms with Crippen molar-refractivity contribution in [1.82, 2.24) is 10.2 Å². The number of nitrogens with zero attached hydrogens (tertiary/aromatic N) is 3. The van der Waals surface area contributed by atoms with E-state index in [-0.39, 0.29) is 24.2 Å². The van der Waals surface area contributed by atoms with Crippen LogP contribution in [-0.2, 0) is 4.79 Å². The van der Waals surface area contributed by atoms with E-state index in [1.807, 2.05) is 19.1 Å². The first-order valence-electron chi connectivity index (χ1n) is 10.4. The number of anilines is 1. The summed E-state index contributed by atoms with van der Waals surface area (Å²) >= 11 is 0. The fourth-order valence-corrected chi connectivity index (χ4v) is 4.45. The minimum absolute atomic E-state index is 0.0406. The molecule has 3 rings (SSSR count). The van der Waals surface area contributed by atoms with Crippen molar-refractivity contribution in [3.8, 4) is 6.07 Å². The molecule has 0 spiro atoms. The van der Waals surface area contributed by atoms with Crippen molar-refractivity contribution in [2.24, 2.45) is 5.92 Å². The van der Waals surface area contributed by atoms with Crippen molar-refractivity contribution in [3.05, 3.63) is 29.6 Å². The second-order valence-electron chi connectivity index (χ2n) is 8.17. The van der Waals surface area contributed by atoms with Crippen molar-refractivity contribution in [1.29, 1.82) is 5.26 Å². The lowest BCUT2D eigenvalue weighted by Gasteiger charge is -2.38. The van der Waals surface area contributed by atoms with E-state index in [2.05, 4.69) is 15.1 Å². The van der Waals surface area contributed by atoms with Gasteiger partial charge in [-0.1, -0.05) is 6.07 Å². The predicted molar refractivity (Wildman–Crippen MR) is 109 cm³/mol. The summed E-state index contributed by atoms with van der Waals surface area (Å²) in [6.07, 6.45) is 5.52. The van der Waals surface area contributed by atoms with Crippen LogP contribution in [0.3, 0.4) is 0 Å². The lowest BCUT2D eigenvalue weighted by atomic mass is 9.84. The van der Waals surface area contributed by atoms with Crippen LogP contribution in [0.4, 0.5) is 10.1 Å². The Labute approximate surface area is 167 Å². The topological polar surface area (TPSA) is 59.4 Å². The number of amides is 1. The van der Waals surface area contributed by atoms with Gasteiger partial charge >= 0.3 is 0 Å². The van der Waals surface area contributed by atoms with Crippen molar-refractivity contribution < 1.29 is 9.18 Å². The average Bonchev–Trinajstić information content (AvgIpc) is 2.70. The SMILES string of the molecule is Cc1ccc(F)cc1N1CCN(CCC2CCC(NC(=O)CC#N)CC2)CC1. The highest BCUT2D eigenvalue weighted by atomic mass is 19.1. The summed E-state index contributed by atoms with van der Waals surface area (Å²) in [7, 11) is 0. The van der Waals surface area contributed by atoms with Crippen molar-refractivity contribution >= 4 is 11.6 Å². The number of benzene rings is 1. The Morgan fingerprint density at radius 3 is 2.61 bits per heavy atom. The van der Waals surface area contributed by atoms with Gasteiger partial charge < -0.3 is 10.2 Å². The first-order valence-corrected chi connectivity index (χ1v) is 10.4. The summed E-state index contributed by atoms with van der Waals surface area (Å²) in [5.41, 5.74) is 2.16. The normalized spacial score (nSPS) is 23.2. The minimum atomic E-state index is -0.164. The lowest BCUT2D eigenvalue weighted by Crippen LogP contribution is -2.47. The van der Waals surface area contributed by atoms with E-state index >= 15 is 0 Å². The van der Waals surface area contributed by atoms with Gasteiger partial charge in [-0.2, -0.15) is 5.26 Å². The maximum atomic E-state index is 13.6. The molecule has 1 aromatic rings. The largest absolute Gasteiger partial charge is 0.369 e. The Morgan fingerprint density at radius 1 is 1.21 bits per heavy atom. The van der Waals surface area contributed by atoms with Crippen molar-refractivity contribution in [2.75, 3.05) is 37.6 Å².